The molecule has 23 heavy (non-hydrogen) atoms. The second-order valence-corrected chi connectivity index (χ2v) is 6.84. The summed E-state index contributed by atoms with van der Waals surface area (Å²) >= 11 is 0. The molecule has 0 N–H and O–H groups in total. The molecule has 2 rings (SSSR count). The van der Waals surface area contributed by atoms with Gasteiger partial charge in [0.25, 0.3) is 0 Å². The third-order valence-electron chi connectivity index (χ3n) is 3.92. The summed E-state index contributed by atoms with van der Waals surface area (Å²) in [7, 11) is 0. The van der Waals surface area contributed by atoms with Crippen LogP contribution in [0.25, 0.3) is 0 Å². The normalized spacial score (nSPS) is 25.0. The van der Waals surface area contributed by atoms with Crippen molar-refractivity contribution in [2.45, 2.75) is 58.5 Å². The molecule has 2 aliphatic rings. The predicted molar refractivity (Wildman–Crippen MR) is 82.7 cm³/mol. The second kappa shape index (κ2) is 7.45. The lowest BCUT2D eigenvalue weighted by atomic mass is 10.0. The van der Waals surface area contributed by atoms with Crippen LogP contribution in [0.1, 0.15) is 34.1 Å². The van der Waals surface area contributed by atoms with Crippen molar-refractivity contribution >= 4 is 11.9 Å². The van der Waals surface area contributed by atoms with E-state index in [0.717, 1.165) is 0 Å². The minimum atomic E-state index is -0.570. The Morgan fingerprint density at radius 1 is 1.00 bits per heavy atom. The molecule has 0 spiro atoms. The Hall–Kier alpha value is -1.40. The summed E-state index contributed by atoms with van der Waals surface area (Å²) in [6.07, 6.45) is -0.842. The topological polar surface area (TPSA) is 77.7 Å². The molecule has 4 unspecified atom stereocenters. The minimum absolute atomic E-state index is 0.0310. The lowest BCUT2D eigenvalue weighted by molar-refractivity contribution is -0.155. The van der Waals surface area contributed by atoms with Crippen molar-refractivity contribution in [3.63, 3.8) is 0 Å². The number of hydrogen-bond donors (Lipinski definition) is 0. The molecule has 2 saturated heterocycles. The van der Waals surface area contributed by atoms with Crippen LogP contribution in [0.15, 0.2) is 12.2 Å². The molecule has 0 bridgehead atoms. The molecule has 0 amide bonds. The van der Waals surface area contributed by atoms with Crippen molar-refractivity contribution < 1.29 is 28.5 Å². The summed E-state index contributed by atoms with van der Waals surface area (Å²) in [6, 6.07) is 0. The van der Waals surface area contributed by atoms with Crippen LogP contribution >= 0.6 is 0 Å². The fourth-order valence-corrected chi connectivity index (χ4v) is 2.42. The highest BCUT2D eigenvalue weighted by atomic mass is 16.6. The molecule has 6 nitrogen and oxygen atoms in total. The zero-order chi connectivity index (χ0) is 17.1. The van der Waals surface area contributed by atoms with Gasteiger partial charge in [-0.25, -0.2) is 4.79 Å². The van der Waals surface area contributed by atoms with Gasteiger partial charge in [-0.15, -0.1) is 0 Å². The van der Waals surface area contributed by atoms with Gasteiger partial charge in [-0.2, -0.15) is 0 Å². The summed E-state index contributed by atoms with van der Waals surface area (Å²) in [5, 5.41) is 0. The van der Waals surface area contributed by atoms with E-state index < -0.39 is 11.9 Å². The highest BCUT2D eigenvalue weighted by molar-refractivity contribution is 5.93. The van der Waals surface area contributed by atoms with E-state index in [-0.39, 0.29) is 48.2 Å². The number of hydrogen-bond acceptors (Lipinski definition) is 6. The van der Waals surface area contributed by atoms with E-state index in [0.29, 0.717) is 13.2 Å². The number of rotatable bonds is 9. The fraction of sp³-hybridized carbons (Fsp3) is 0.765. The first kappa shape index (κ1) is 17.9. The number of esters is 2. The van der Waals surface area contributed by atoms with Crippen LogP contribution in [0.2, 0.25) is 0 Å². The SMILES string of the molecule is C=C(CC(=O)OC(C(C)C)C1CO1)C(=O)OC(C(C)C)C1CO1. The first-order valence-electron chi connectivity index (χ1n) is 8.11. The maximum atomic E-state index is 12.1. The van der Waals surface area contributed by atoms with Crippen molar-refractivity contribution in [3.05, 3.63) is 12.2 Å². The van der Waals surface area contributed by atoms with Gasteiger partial charge in [-0.3, -0.25) is 4.79 Å². The van der Waals surface area contributed by atoms with Crippen molar-refractivity contribution in [1.29, 1.82) is 0 Å². The van der Waals surface area contributed by atoms with Crippen LogP contribution in [-0.4, -0.2) is 49.6 Å². The van der Waals surface area contributed by atoms with Gasteiger partial charge < -0.3 is 18.9 Å². The molecule has 0 aromatic carbocycles. The summed E-state index contributed by atoms with van der Waals surface area (Å²) in [5.74, 6) is -0.752. The monoisotopic (exact) mass is 326 g/mol. The molecular formula is C17H26O6. The van der Waals surface area contributed by atoms with E-state index in [2.05, 4.69) is 6.58 Å². The molecule has 2 aliphatic heterocycles. The molecule has 0 aromatic heterocycles. The van der Waals surface area contributed by atoms with Gasteiger partial charge in [-0.1, -0.05) is 34.3 Å². The van der Waals surface area contributed by atoms with Crippen molar-refractivity contribution in [2.75, 3.05) is 13.2 Å². The molecule has 2 heterocycles. The molecule has 6 heteroatoms. The first-order valence-corrected chi connectivity index (χ1v) is 8.11. The predicted octanol–water partition coefficient (Wildman–Crippen LogP) is 1.87. The second-order valence-electron chi connectivity index (χ2n) is 6.84. The van der Waals surface area contributed by atoms with Gasteiger partial charge in [-0.05, 0) is 11.8 Å². The number of carbonyl (C=O) groups is 2. The molecule has 130 valence electrons. The molecule has 0 aromatic rings. The Balaban J connectivity index is 1.80. The third-order valence-corrected chi connectivity index (χ3v) is 3.92. The van der Waals surface area contributed by atoms with E-state index in [4.69, 9.17) is 18.9 Å². The lowest BCUT2D eigenvalue weighted by Crippen LogP contribution is -2.31. The van der Waals surface area contributed by atoms with Gasteiger partial charge in [0.2, 0.25) is 0 Å². The Kier molecular flexibility index (Phi) is 5.81. The number of epoxide rings is 2. The van der Waals surface area contributed by atoms with E-state index in [1.807, 2.05) is 27.7 Å². The first-order chi connectivity index (χ1) is 10.8. The molecule has 2 fully saturated rings. The maximum Gasteiger partial charge on any atom is 0.334 e. The fourth-order valence-electron chi connectivity index (χ4n) is 2.42. The summed E-state index contributed by atoms with van der Waals surface area (Å²) in [6.45, 7) is 12.7. The standard InChI is InChI=1S/C17H26O6/c1-9(2)15(12-7-20-12)22-14(18)6-11(5)17(19)23-16(10(3)4)13-8-21-13/h9-10,12-13,15-16H,5-8H2,1-4H3. The zero-order valence-corrected chi connectivity index (χ0v) is 14.2. The summed E-state index contributed by atoms with van der Waals surface area (Å²) in [4.78, 5) is 24.1. The van der Waals surface area contributed by atoms with Crippen LogP contribution in [0.3, 0.4) is 0 Å². The van der Waals surface area contributed by atoms with E-state index in [9.17, 15) is 9.59 Å². The zero-order valence-electron chi connectivity index (χ0n) is 14.2. The van der Waals surface area contributed by atoms with Crippen molar-refractivity contribution in [3.8, 4) is 0 Å². The van der Waals surface area contributed by atoms with Crippen LogP contribution in [0.4, 0.5) is 0 Å². The molecule has 0 aliphatic carbocycles. The quantitative estimate of drug-likeness (QED) is 0.366. The molecule has 0 radical (unpaired) electrons. The van der Waals surface area contributed by atoms with Gasteiger partial charge in [0, 0.05) is 5.57 Å². The van der Waals surface area contributed by atoms with Crippen LogP contribution in [0, 0.1) is 11.8 Å². The largest absolute Gasteiger partial charge is 0.459 e. The summed E-state index contributed by atoms with van der Waals surface area (Å²) < 4.78 is 21.2. The maximum absolute atomic E-state index is 12.1. The molecule has 4 atom stereocenters. The van der Waals surface area contributed by atoms with Crippen molar-refractivity contribution in [1.82, 2.24) is 0 Å². The van der Waals surface area contributed by atoms with E-state index in [1.165, 1.54) is 0 Å². The van der Waals surface area contributed by atoms with Gasteiger partial charge in [0.15, 0.2) is 0 Å². The Morgan fingerprint density at radius 3 is 1.83 bits per heavy atom. The Labute approximate surface area is 137 Å². The Bertz CT molecular complexity index is 458. The number of carbonyl (C=O) groups excluding carboxylic acids is 2. The van der Waals surface area contributed by atoms with Crippen LogP contribution in [-0.2, 0) is 28.5 Å². The summed E-state index contributed by atoms with van der Waals surface area (Å²) in [5.41, 5.74) is 0.0977. The molecular weight excluding hydrogens is 300 g/mol. The van der Waals surface area contributed by atoms with E-state index >= 15 is 0 Å². The van der Waals surface area contributed by atoms with Crippen molar-refractivity contribution in [2.24, 2.45) is 11.8 Å². The van der Waals surface area contributed by atoms with Crippen LogP contribution in [0.5, 0.6) is 0 Å². The molecule has 0 saturated carbocycles. The third kappa shape index (κ3) is 5.32. The van der Waals surface area contributed by atoms with Gasteiger partial charge in [0.05, 0.1) is 19.6 Å². The van der Waals surface area contributed by atoms with Gasteiger partial charge >= 0.3 is 11.9 Å². The highest BCUT2D eigenvalue weighted by Crippen LogP contribution is 2.26. The van der Waals surface area contributed by atoms with Gasteiger partial charge in [0.1, 0.15) is 24.4 Å². The average molecular weight is 326 g/mol. The minimum Gasteiger partial charge on any atom is -0.459 e. The van der Waals surface area contributed by atoms with E-state index in [1.54, 1.807) is 0 Å². The highest BCUT2D eigenvalue weighted by Gasteiger charge is 2.39. The average Bonchev–Trinajstić information content (AvgIpc) is 3.34. The number of ether oxygens (including phenoxy) is 4. The lowest BCUT2D eigenvalue weighted by Gasteiger charge is -2.21. The van der Waals surface area contributed by atoms with Crippen LogP contribution < -0.4 is 0 Å². The smallest absolute Gasteiger partial charge is 0.334 e. The Morgan fingerprint density at radius 2 is 1.43 bits per heavy atom.